The van der Waals surface area contributed by atoms with E-state index in [1.165, 1.54) is 4.90 Å². The van der Waals surface area contributed by atoms with Gasteiger partial charge in [-0.05, 0) is 50.9 Å². The number of hydrogen-bond donors (Lipinski definition) is 7. The zero-order valence-corrected chi connectivity index (χ0v) is 31.3. The smallest absolute Gasteiger partial charge is 0.317 e. The van der Waals surface area contributed by atoms with Crippen molar-refractivity contribution >= 4 is 41.5 Å². The van der Waals surface area contributed by atoms with Crippen molar-refractivity contribution in [3.05, 3.63) is 0 Å². The van der Waals surface area contributed by atoms with Crippen LogP contribution in [0.3, 0.4) is 0 Å². The number of aliphatic carboxylic acids is 2. The standard InChI is InChI=1S/C34H60N8O9S/c1-38(30(46)5-3-2-4-28-33-27(21-52-28)36-34(51)37-33)18-29(45)35-25-8-6-24(7-9-25)16-26-17-41(19-31(47)48)13-12-39(22-43)10-11-40(23-44)14-15-42(26)20-32(49)50/h24-28,33,43-44H,2-23H2,1H3,(H,35,45)(H,47,48)(H,49,50)(H2,36,37,51). The zero-order chi connectivity index (χ0) is 37.6. The first kappa shape index (κ1) is 42.0. The first-order valence-electron chi connectivity index (χ1n) is 18.7. The van der Waals surface area contributed by atoms with Crippen molar-refractivity contribution in [2.75, 3.05) is 91.7 Å². The molecular formula is C34H60N8O9S. The fraction of sp³-hybridized carbons (Fsp3) is 0.853. The number of unbranched alkanes of at least 4 members (excludes halogenated alkanes) is 1. The molecule has 4 atom stereocenters. The third-order valence-corrected chi connectivity index (χ3v) is 12.5. The number of nitrogens with zero attached hydrogens (tertiary/aromatic N) is 5. The first-order valence-corrected chi connectivity index (χ1v) is 19.8. The monoisotopic (exact) mass is 756 g/mol. The highest BCUT2D eigenvalue weighted by Crippen LogP contribution is 2.33. The van der Waals surface area contributed by atoms with Gasteiger partial charge in [-0.2, -0.15) is 11.8 Å². The number of urea groups is 1. The molecule has 17 nitrogen and oxygen atoms in total. The average Bonchev–Trinajstić information content (AvgIpc) is 3.65. The molecule has 4 amide bonds. The highest BCUT2D eigenvalue weighted by Gasteiger charge is 2.42. The maximum absolute atomic E-state index is 12.9. The van der Waals surface area contributed by atoms with E-state index in [4.69, 9.17) is 0 Å². The maximum atomic E-state index is 12.9. The molecule has 4 aliphatic rings. The van der Waals surface area contributed by atoms with Gasteiger partial charge in [0.2, 0.25) is 11.8 Å². The quantitative estimate of drug-likeness (QED) is 0.0735. The van der Waals surface area contributed by atoms with Crippen LogP contribution in [-0.2, 0) is 19.2 Å². The lowest BCUT2D eigenvalue weighted by Crippen LogP contribution is -2.53. The number of amides is 4. The fourth-order valence-electron chi connectivity index (χ4n) is 7.93. The molecule has 18 heteroatoms. The lowest BCUT2D eigenvalue weighted by atomic mass is 9.82. The summed E-state index contributed by atoms with van der Waals surface area (Å²) in [5.74, 6) is -1.06. The van der Waals surface area contributed by atoms with Gasteiger partial charge in [0.15, 0.2) is 0 Å². The Labute approximate surface area is 310 Å². The molecule has 0 aromatic carbocycles. The highest BCUT2D eigenvalue weighted by atomic mass is 32.2. The van der Waals surface area contributed by atoms with Crippen molar-refractivity contribution in [1.82, 2.24) is 40.4 Å². The van der Waals surface area contributed by atoms with Crippen molar-refractivity contribution in [3.8, 4) is 0 Å². The number of thioether (sulfide) groups is 1. The van der Waals surface area contributed by atoms with Gasteiger partial charge in [0.1, 0.15) is 0 Å². The third-order valence-electron chi connectivity index (χ3n) is 10.9. The Hall–Kier alpha value is -2.74. The van der Waals surface area contributed by atoms with Crippen molar-refractivity contribution in [3.63, 3.8) is 0 Å². The van der Waals surface area contributed by atoms with Crippen LogP contribution in [0, 0.1) is 5.92 Å². The Morgan fingerprint density at radius 3 is 2.13 bits per heavy atom. The van der Waals surface area contributed by atoms with Crippen LogP contribution in [-0.4, -0.2) is 196 Å². The van der Waals surface area contributed by atoms with Gasteiger partial charge in [0.25, 0.3) is 0 Å². The van der Waals surface area contributed by atoms with Gasteiger partial charge in [0, 0.05) is 82.4 Å². The third kappa shape index (κ3) is 13.6. The molecule has 4 rings (SSSR count). The van der Waals surface area contributed by atoms with E-state index in [1.807, 2.05) is 26.5 Å². The molecule has 7 N–H and O–H groups in total. The molecule has 0 bridgehead atoms. The molecule has 1 saturated carbocycles. The van der Waals surface area contributed by atoms with Crippen LogP contribution in [0.5, 0.6) is 0 Å². The topological polar surface area (TPSA) is 219 Å². The molecule has 296 valence electrons. The Bertz CT molecular complexity index is 1200. The molecule has 3 heterocycles. The molecule has 52 heavy (non-hydrogen) atoms. The zero-order valence-electron chi connectivity index (χ0n) is 30.5. The van der Waals surface area contributed by atoms with E-state index >= 15 is 0 Å². The predicted molar refractivity (Wildman–Crippen MR) is 194 cm³/mol. The summed E-state index contributed by atoms with van der Waals surface area (Å²) in [6.45, 7) is 2.13. The van der Waals surface area contributed by atoms with Crippen molar-refractivity contribution < 1.29 is 44.4 Å². The number of fused-ring (bicyclic) bond motifs is 1. The Kier molecular flexibility index (Phi) is 17.1. The molecule has 1 aliphatic carbocycles. The predicted octanol–water partition coefficient (Wildman–Crippen LogP) is -1.11. The minimum Gasteiger partial charge on any atom is -0.480 e. The number of hydrogen-bond acceptors (Lipinski definition) is 12. The summed E-state index contributed by atoms with van der Waals surface area (Å²) in [6, 6.07) is -0.0377. The van der Waals surface area contributed by atoms with E-state index in [0.29, 0.717) is 63.9 Å². The normalized spacial score (nSPS) is 28.6. The number of likely N-dealkylation sites (N-methyl/N-ethyl adjacent to an activating group) is 1. The summed E-state index contributed by atoms with van der Waals surface area (Å²) < 4.78 is 0. The largest absolute Gasteiger partial charge is 0.480 e. The number of carbonyl (C=O) groups is 5. The molecular weight excluding hydrogens is 696 g/mol. The molecule has 4 fully saturated rings. The molecule has 0 spiro atoms. The molecule has 3 aliphatic heterocycles. The van der Waals surface area contributed by atoms with Gasteiger partial charge in [-0.3, -0.25) is 38.8 Å². The second-order valence-corrected chi connectivity index (χ2v) is 16.1. The number of aliphatic hydroxyl groups is 2. The van der Waals surface area contributed by atoms with Gasteiger partial charge in [-0.1, -0.05) is 6.42 Å². The number of rotatable bonds is 16. The highest BCUT2D eigenvalue weighted by molar-refractivity contribution is 8.00. The summed E-state index contributed by atoms with van der Waals surface area (Å²) >= 11 is 1.86. The lowest BCUT2D eigenvalue weighted by molar-refractivity contribution is -0.141. The lowest BCUT2D eigenvalue weighted by Gasteiger charge is -2.40. The number of carboxylic acid groups (broad SMARTS) is 2. The minimum absolute atomic E-state index is 0.0110. The summed E-state index contributed by atoms with van der Waals surface area (Å²) in [5, 5.41) is 48.6. The average molecular weight is 757 g/mol. The van der Waals surface area contributed by atoms with E-state index in [1.54, 1.807) is 11.9 Å². The van der Waals surface area contributed by atoms with Crippen LogP contribution < -0.4 is 16.0 Å². The van der Waals surface area contributed by atoms with Gasteiger partial charge in [-0.15, -0.1) is 0 Å². The van der Waals surface area contributed by atoms with Crippen LogP contribution in [0.4, 0.5) is 4.79 Å². The van der Waals surface area contributed by atoms with E-state index < -0.39 is 11.9 Å². The maximum Gasteiger partial charge on any atom is 0.317 e. The Balaban J connectivity index is 1.24. The number of nitrogens with one attached hydrogen (secondary N) is 3. The molecule has 4 unspecified atom stereocenters. The van der Waals surface area contributed by atoms with Gasteiger partial charge < -0.3 is 41.3 Å². The fourth-order valence-corrected chi connectivity index (χ4v) is 9.47. The van der Waals surface area contributed by atoms with Crippen LogP contribution in [0.15, 0.2) is 0 Å². The van der Waals surface area contributed by atoms with E-state index in [-0.39, 0.29) is 81.0 Å². The summed E-state index contributed by atoms with van der Waals surface area (Å²) in [5.41, 5.74) is 0. The van der Waals surface area contributed by atoms with Crippen molar-refractivity contribution in [2.45, 2.75) is 87.2 Å². The second kappa shape index (κ2) is 21.2. The molecule has 0 aromatic rings. The second-order valence-electron chi connectivity index (χ2n) is 14.8. The van der Waals surface area contributed by atoms with Crippen LogP contribution in [0.1, 0.15) is 57.8 Å². The van der Waals surface area contributed by atoms with Crippen LogP contribution >= 0.6 is 11.8 Å². The van der Waals surface area contributed by atoms with E-state index in [2.05, 4.69) is 16.0 Å². The summed E-state index contributed by atoms with van der Waals surface area (Å²) in [4.78, 5) is 69.8. The Morgan fingerprint density at radius 1 is 0.865 bits per heavy atom. The number of carbonyl (C=O) groups excluding carboxylic acids is 3. The van der Waals surface area contributed by atoms with Gasteiger partial charge in [0.05, 0.1) is 45.2 Å². The SMILES string of the molecule is CN(CC(=O)NC1CCC(CC2CN(CC(=O)O)CCN(CO)CCN(CO)CCN2CC(=O)O)CC1)C(=O)CCCCC1SCC2NC(=O)NC21. The van der Waals surface area contributed by atoms with Crippen LogP contribution in [0.25, 0.3) is 0 Å². The summed E-state index contributed by atoms with van der Waals surface area (Å²) in [7, 11) is 1.65. The number of aliphatic hydroxyl groups excluding tert-OH is 2. The van der Waals surface area contributed by atoms with Crippen molar-refractivity contribution in [2.24, 2.45) is 5.92 Å². The minimum atomic E-state index is -0.975. The number of carboxylic acids is 2. The Morgan fingerprint density at radius 2 is 1.50 bits per heavy atom. The summed E-state index contributed by atoms with van der Waals surface area (Å²) in [6.07, 6.45) is 6.70. The van der Waals surface area contributed by atoms with Gasteiger partial charge in [-0.25, -0.2) is 4.79 Å². The van der Waals surface area contributed by atoms with E-state index in [9.17, 15) is 44.4 Å². The molecule has 0 radical (unpaired) electrons. The van der Waals surface area contributed by atoms with Crippen LogP contribution in [0.2, 0.25) is 0 Å². The molecule has 0 aromatic heterocycles. The van der Waals surface area contributed by atoms with Crippen molar-refractivity contribution in [1.29, 1.82) is 0 Å². The molecule has 3 saturated heterocycles. The first-order chi connectivity index (χ1) is 24.9. The van der Waals surface area contributed by atoms with Gasteiger partial charge >= 0.3 is 18.0 Å². The van der Waals surface area contributed by atoms with E-state index in [0.717, 1.165) is 50.7 Å².